The minimum absolute atomic E-state index is 0.575. The second kappa shape index (κ2) is 6.92. The van der Waals surface area contributed by atoms with Gasteiger partial charge in [-0.3, -0.25) is 14.5 Å². The van der Waals surface area contributed by atoms with Gasteiger partial charge < -0.3 is 15.0 Å². The average molecular weight is 347 g/mol. The summed E-state index contributed by atoms with van der Waals surface area (Å²) in [5.74, 6) is -3.62. The first-order valence-electron chi connectivity index (χ1n) is 7.70. The largest absolute Gasteiger partial charge is 0.467 e. The number of benzene rings is 1. The van der Waals surface area contributed by atoms with E-state index in [1.807, 2.05) is 32.0 Å². The molecule has 0 saturated carbocycles. The highest BCUT2D eigenvalue weighted by Crippen LogP contribution is 2.26. The predicted molar refractivity (Wildman–Crippen MR) is 89.8 cm³/mol. The zero-order valence-electron chi connectivity index (χ0n) is 14.8. The third-order valence-corrected chi connectivity index (χ3v) is 4.37. The van der Waals surface area contributed by atoms with Gasteiger partial charge in [-0.15, -0.1) is 0 Å². The second-order valence-electron chi connectivity index (χ2n) is 5.99. The monoisotopic (exact) mass is 347 g/mol. The van der Waals surface area contributed by atoms with Gasteiger partial charge in [-0.2, -0.15) is 0 Å². The average Bonchev–Trinajstić information content (AvgIpc) is 2.58. The molecule has 0 unspecified atom stereocenters. The molecule has 2 rings (SSSR count). The lowest BCUT2D eigenvalue weighted by Crippen LogP contribution is -2.64. The maximum Gasteiger partial charge on any atom is 0.330 e. The van der Waals surface area contributed by atoms with Crippen LogP contribution in [0.25, 0.3) is 0 Å². The van der Waals surface area contributed by atoms with Gasteiger partial charge in [-0.05, 0) is 25.0 Å². The number of amides is 4. The number of anilines is 1. The van der Waals surface area contributed by atoms with Crippen molar-refractivity contribution >= 4 is 29.5 Å². The SMILES string of the molecule is COC(=O)[C@@H]1[C@@H](C(=O)Nc2c(C)cccc2C)C(=O)N(C)C(=O)N1C. The summed E-state index contributed by atoms with van der Waals surface area (Å²) in [6.45, 7) is 3.65. The molecule has 1 heterocycles. The highest BCUT2D eigenvalue weighted by Gasteiger charge is 2.51. The molecule has 0 bridgehead atoms. The van der Waals surface area contributed by atoms with E-state index in [0.717, 1.165) is 28.0 Å². The van der Waals surface area contributed by atoms with E-state index < -0.39 is 35.8 Å². The zero-order chi connectivity index (χ0) is 18.9. The number of esters is 1. The Morgan fingerprint density at radius 3 is 2.20 bits per heavy atom. The smallest absolute Gasteiger partial charge is 0.330 e. The number of imide groups is 1. The van der Waals surface area contributed by atoms with Crippen LogP contribution in [0.5, 0.6) is 0 Å². The molecule has 0 aliphatic carbocycles. The van der Waals surface area contributed by atoms with E-state index in [1.165, 1.54) is 14.1 Å². The van der Waals surface area contributed by atoms with Crippen molar-refractivity contribution in [3.8, 4) is 0 Å². The van der Waals surface area contributed by atoms with Crippen LogP contribution >= 0.6 is 0 Å². The van der Waals surface area contributed by atoms with Crippen LogP contribution < -0.4 is 5.32 Å². The van der Waals surface area contributed by atoms with Gasteiger partial charge in [-0.1, -0.05) is 18.2 Å². The Labute approximate surface area is 145 Å². The molecule has 1 aromatic carbocycles. The Hall–Kier alpha value is -2.90. The molecule has 1 aliphatic rings. The molecule has 1 N–H and O–H groups in total. The van der Waals surface area contributed by atoms with Crippen molar-refractivity contribution in [2.45, 2.75) is 19.9 Å². The summed E-state index contributed by atoms with van der Waals surface area (Å²) >= 11 is 0. The number of hydrogen-bond donors (Lipinski definition) is 1. The van der Waals surface area contributed by atoms with Crippen molar-refractivity contribution in [3.05, 3.63) is 29.3 Å². The van der Waals surface area contributed by atoms with Crippen molar-refractivity contribution in [2.24, 2.45) is 5.92 Å². The third-order valence-electron chi connectivity index (χ3n) is 4.37. The van der Waals surface area contributed by atoms with Crippen LogP contribution in [0.3, 0.4) is 0 Å². The van der Waals surface area contributed by atoms with Crippen LogP contribution in [-0.2, 0) is 19.1 Å². The topological polar surface area (TPSA) is 96.0 Å². The molecule has 8 nitrogen and oxygen atoms in total. The van der Waals surface area contributed by atoms with E-state index in [1.54, 1.807) is 0 Å². The Morgan fingerprint density at radius 1 is 1.12 bits per heavy atom. The Morgan fingerprint density at radius 2 is 1.68 bits per heavy atom. The number of likely N-dealkylation sites (N-methyl/N-ethyl adjacent to an activating group) is 1. The summed E-state index contributed by atoms with van der Waals surface area (Å²) in [4.78, 5) is 51.4. The Balaban J connectivity index is 2.41. The van der Waals surface area contributed by atoms with E-state index >= 15 is 0 Å². The highest BCUT2D eigenvalue weighted by molar-refractivity contribution is 6.15. The molecule has 1 aromatic rings. The van der Waals surface area contributed by atoms with Gasteiger partial charge in [0.25, 0.3) is 0 Å². The van der Waals surface area contributed by atoms with Gasteiger partial charge in [0, 0.05) is 19.8 Å². The number of carbonyl (C=O) groups excluding carboxylic acids is 4. The van der Waals surface area contributed by atoms with Gasteiger partial charge in [0.05, 0.1) is 7.11 Å². The van der Waals surface area contributed by atoms with Crippen LogP contribution in [0, 0.1) is 19.8 Å². The van der Waals surface area contributed by atoms with E-state index in [2.05, 4.69) is 10.1 Å². The third kappa shape index (κ3) is 3.19. The molecule has 4 amide bonds. The molecule has 1 fully saturated rings. The minimum atomic E-state index is -1.39. The fraction of sp³-hybridized carbons (Fsp3) is 0.412. The molecule has 134 valence electrons. The van der Waals surface area contributed by atoms with Crippen molar-refractivity contribution in [1.82, 2.24) is 9.80 Å². The quantitative estimate of drug-likeness (QED) is 0.648. The molecule has 8 heteroatoms. The standard InChI is InChI=1S/C17H21N3O5/c1-9-7-6-8-10(2)12(9)18-14(21)11-13(16(23)25-5)19(3)17(24)20(4)15(11)22/h6-8,11,13H,1-5H3,(H,18,21)/t11-,13-/m0/s1. The summed E-state index contributed by atoms with van der Waals surface area (Å²) in [6.07, 6.45) is 0. The van der Waals surface area contributed by atoms with Crippen molar-refractivity contribution in [3.63, 3.8) is 0 Å². The van der Waals surface area contributed by atoms with Crippen LogP contribution in [0.15, 0.2) is 18.2 Å². The van der Waals surface area contributed by atoms with Crippen LogP contribution in [0.4, 0.5) is 10.5 Å². The molecule has 1 saturated heterocycles. The Bertz CT molecular complexity index is 726. The van der Waals surface area contributed by atoms with Gasteiger partial charge in [0.15, 0.2) is 6.04 Å². The summed E-state index contributed by atoms with van der Waals surface area (Å²) in [5.41, 5.74) is 2.22. The first-order chi connectivity index (χ1) is 11.7. The summed E-state index contributed by atoms with van der Waals surface area (Å²) in [5, 5.41) is 2.71. The molecular formula is C17H21N3O5. The predicted octanol–water partition coefficient (Wildman–Crippen LogP) is 0.924. The van der Waals surface area contributed by atoms with E-state index in [4.69, 9.17) is 0 Å². The number of hydrogen-bond acceptors (Lipinski definition) is 5. The van der Waals surface area contributed by atoms with Gasteiger partial charge in [0.1, 0.15) is 5.92 Å². The molecule has 0 radical (unpaired) electrons. The first-order valence-corrected chi connectivity index (χ1v) is 7.70. The summed E-state index contributed by atoms with van der Waals surface area (Å²) in [6, 6.07) is 3.52. The number of aryl methyl sites for hydroxylation is 2. The molecule has 0 spiro atoms. The molecular weight excluding hydrogens is 326 g/mol. The normalized spacial score (nSPS) is 20.5. The zero-order valence-corrected chi connectivity index (χ0v) is 14.8. The number of ether oxygens (including phenoxy) is 1. The van der Waals surface area contributed by atoms with Gasteiger partial charge >= 0.3 is 12.0 Å². The fourth-order valence-corrected chi connectivity index (χ4v) is 2.90. The lowest BCUT2D eigenvalue weighted by molar-refractivity contribution is -0.158. The minimum Gasteiger partial charge on any atom is -0.467 e. The number of carbonyl (C=O) groups is 4. The molecule has 0 aromatic heterocycles. The van der Waals surface area contributed by atoms with E-state index in [-0.39, 0.29) is 0 Å². The lowest BCUT2D eigenvalue weighted by Gasteiger charge is -2.39. The van der Waals surface area contributed by atoms with Crippen LogP contribution in [0.1, 0.15) is 11.1 Å². The number of methoxy groups -OCH3 is 1. The van der Waals surface area contributed by atoms with Gasteiger partial charge in [-0.25, -0.2) is 9.59 Å². The van der Waals surface area contributed by atoms with E-state index in [0.29, 0.717) is 5.69 Å². The van der Waals surface area contributed by atoms with Crippen LogP contribution in [0.2, 0.25) is 0 Å². The lowest BCUT2D eigenvalue weighted by atomic mass is 9.93. The molecule has 25 heavy (non-hydrogen) atoms. The summed E-state index contributed by atoms with van der Waals surface area (Å²) < 4.78 is 4.69. The number of urea groups is 1. The number of para-hydroxylation sites is 1. The molecule has 2 atom stereocenters. The van der Waals surface area contributed by atoms with Crippen molar-refractivity contribution < 1.29 is 23.9 Å². The molecule has 1 aliphatic heterocycles. The maximum absolute atomic E-state index is 12.8. The van der Waals surface area contributed by atoms with Gasteiger partial charge in [0.2, 0.25) is 11.8 Å². The number of nitrogens with zero attached hydrogens (tertiary/aromatic N) is 2. The fourth-order valence-electron chi connectivity index (χ4n) is 2.90. The maximum atomic E-state index is 12.8. The van der Waals surface area contributed by atoms with Crippen LogP contribution in [-0.4, -0.2) is 60.9 Å². The van der Waals surface area contributed by atoms with Crippen molar-refractivity contribution in [2.75, 3.05) is 26.5 Å². The second-order valence-corrected chi connectivity index (χ2v) is 5.99. The highest BCUT2D eigenvalue weighted by atomic mass is 16.5. The Kier molecular flexibility index (Phi) is 5.10. The van der Waals surface area contributed by atoms with Crippen molar-refractivity contribution in [1.29, 1.82) is 0 Å². The number of rotatable bonds is 3. The summed E-state index contributed by atoms with van der Waals surface area (Å²) in [7, 11) is 3.77. The van der Waals surface area contributed by atoms with E-state index in [9.17, 15) is 19.2 Å². The first kappa shape index (κ1) is 18.4. The number of nitrogens with one attached hydrogen (secondary N) is 1.